The quantitative estimate of drug-likeness (QED) is 0.587. The summed E-state index contributed by atoms with van der Waals surface area (Å²) in [6.45, 7) is 5.76. The molecule has 3 rings (SSSR count). The normalized spacial score (nSPS) is 11.1. The molecule has 0 fully saturated rings. The van der Waals surface area contributed by atoms with Gasteiger partial charge in [-0.1, -0.05) is 18.2 Å². The molecule has 5 heteroatoms. The Hall–Kier alpha value is -3.08. The van der Waals surface area contributed by atoms with Crippen LogP contribution in [-0.4, -0.2) is 16.7 Å². The van der Waals surface area contributed by atoms with Crippen LogP contribution in [0.1, 0.15) is 33.3 Å². The van der Waals surface area contributed by atoms with Crippen LogP contribution in [0.2, 0.25) is 0 Å². The summed E-state index contributed by atoms with van der Waals surface area (Å²) in [5, 5.41) is 3.96. The highest BCUT2D eigenvalue weighted by atomic mass is 16.3. The van der Waals surface area contributed by atoms with Crippen LogP contribution >= 0.6 is 0 Å². The van der Waals surface area contributed by atoms with Crippen molar-refractivity contribution in [3.63, 3.8) is 0 Å². The first-order valence-electron chi connectivity index (χ1n) is 7.70. The second kappa shape index (κ2) is 6.58. The Bertz CT molecular complexity index is 889. The van der Waals surface area contributed by atoms with Gasteiger partial charge in [0.1, 0.15) is 11.5 Å². The Labute approximate surface area is 140 Å². The number of benzene rings is 1. The van der Waals surface area contributed by atoms with Gasteiger partial charge in [0.15, 0.2) is 0 Å². The van der Waals surface area contributed by atoms with Crippen molar-refractivity contribution < 1.29 is 9.21 Å². The van der Waals surface area contributed by atoms with Crippen LogP contribution in [0.3, 0.4) is 0 Å². The molecule has 2 aromatic heterocycles. The molecule has 0 bridgehead atoms. The fourth-order valence-electron chi connectivity index (χ4n) is 2.70. The lowest BCUT2D eigenvalue weighted by molar-refractivity contribution is 0.0954. The first-order valence-corrected chi connectivity index (χ1v) is 7.70. The molecule has 1 aromatic carbocycles. The van der Waals surface area contributed by atoms with E-state index in [1.165, 1.54) is 6.21 Å². The summed E-state index contributed by atoms with van der Waals surface area (Å²) in [6, 6.07) is 15.5. The third kappa shape index (κ3) is 3.15. The molecule has 24 heavy (non-hydrogen) atoms. The molecular formula is C19H19N3O2. The highest BCUT2D eigenvalue weighted by Gasteiger charge is 2.16. The number of hydrogen-bond acceptors (Lipinski definition) is 3. The van der Waals surface area contributed by atoms with Crippen molar-refractivity contribution in [2.75, 3.05) is 0 Å². The SMILES string of the molecule is Cc1ccc(/C=N/NC(=O)c2cc(C)n(-c3ccccc3)c2C)o1. The smallest absolute Gasteiger partial charge is 0.273 e. The first-order chi connectivity index (χ1) is 11.6. The average molecular weight is 321 g/mol. The van der Waals surface area contributed by atoms with Gasteiger partial charge in [-0.2, -0.15) is 5.10 Å². The van der Waals surface area contributed by atoms with Crippen molar-refractivity contribution in [1.82, 2.24) is 9.99 Å². The number of rotatable bonds is 4. The number of para-hydroxylation sites is 1. The highest BCUT2D eigenvalue weighted by Crippen LogP contribution is 2.20. The molecule has 5 nitrogen and oxygen atoms in total. The van der Waals surface area contributed by atoms with E-state index in [-0.39, 0.29) is 5.91 Å². The Morgan fingerprint density at radius 3 is 2.54 bits per heavy atom. The van der Waals surface area contributed by atoms with Crippen molar-refractivity contribution in [3.05, 3.63) is 77.0 Å². The first kappa shape index (κ1) is 15.8. The largest absolute Gasteiger partial charge is 0.460 e. The molecule has 1 N–H and O–H groups in total. The van der Waals surface area contributed by atoms with Crippen LogP contribution in [0.15, 0.2) is 58.0 Å². The second-order valence-corrected chi connectivity index (χ2v) is 5.60. The van der Waals surface area contributed by atoms with Crippen LogP contribution in [0.25, 0.3) is 5.69 Å². The Kier molecular flexibility index (Phi) is 4.33. The van der Waals surface area contributed by atoms with Crippen LogP contribution in [0, 0.1) is 20.8 Å². The number of nitrogens with zero attached hydrogens (tertiary/aromatic N) is 2. The number of nitrogens with one attached hydrogen (secondary N) is 1. The maximum atomic E-state index is 12.4. The van der Waals surface area contributed by atoms with E-state index < -0.39 is 0 Å². The molecule has 0 aliphatic rings. The number of hydrogen-bond donors (Lipinski definition) is 1. The van der Waals surface area contributed by atoms with Crippen LogP contribution in [0.4, 0.5) is 0 Å². The molecular weight excluding hydrogens is 302 g/mol. The fraction of sp³-hybridized carbons (Fsp3) is 0.158. The van der Waals surface area contributed by atoms with E-state index in [1.54, 1.807) is 6.07 Å². The lowest BCUT2D eigenvalue weighted by atomic mass is 10.2. The molecule has 0 aliphatic carbocycles. The van der Waals surface area contributed by atoms with Gasteiger partial charge in [-0.05, 0) is 51.1 Å². The third-order valence-electron chi connectivity index (χ3n) is 3.81. The summed E-state index contributed by atoms with van der Waals surface area (Å²) < 4.78 is 7.42. The molecule has 0 atom stereocenters. The number of aromatic nitrogens is 1. The van der Waals surface area contributed by atoms with Gasteiger partial charge >= 0.3 is 0 Å². The Morgan fingerprint density at radius 2 is 1.88 bits per heavy atom. The standard InChI is InChI=1S/C19H19N3O2/c1-13-11-18(15(3)22(13)16-7-5-4-6-8-16)19(23)21-20-12-17-10-9-14(2)24-17/h4-12H,1-3H3,(H,21,23)/b20-12+. The second-order valence-electron chi connectivity index (χ2n) is 5.60. The van der Waals surface area contributed by atoms with Crippen LogP contribution in [0.5, 0.6) is 0 Å². The molecule has 0 unspecified atom stereocenters. The minimum absolute atomic E-state index is 0.246. The van der Waals surface area contributed by atoms with E-state index in [0.29, 0.717) is 11.3 Å². The zero-order valence-corrected chi connectivity index (χ0v) is 13.9. The molecule has 0 saturated carbocycles. The molecule has 0 aliphatic heterocycles. The molecule has 0 spiro atoms. The van der Waals surface area contributed by atoms with E-state index >= 15 is 0 Å². The molecule has 1 amide bonds. The molecule has 0 radical (unpaired) electrons. The van der Waals surface area contributed by atoms with Gasteiger partial charge in [-0.15, -0.1) is 0 Å². The monoisotopic (exact) mass is 321 g/mol. The fourth-order valence-corrected chi connectivity index (χ4v) is 2.70. The van der Waals surface area contributed by atoms with Gasteiger partial charge in [-0.3, -0.25) is 4.79 Å². The van der Waals surface area contributed by atoms with Gasteiger partial charge < -0.3 is 8.98 Å². The van der Waals surface area contributed by atoms with E-state index in [2.05, 4.69) is 15.1 Å². The third-order valence-corrected chi connectivity index (χ3v) is 3.81. The lowest BCUT2D eigenvalue weighted by Gasteiger charge is -2.09. The van der Waals surface area contributed by atoms with Crippen LogP contribution < -0.4 is 5.43 Å². The zero-order chi connectivity index (χ0) is 17.1. The maximum Gasteiger partial charge on any atom is 0.273 e. The molecule has 2 heterocycles. The summed E-state index contributed by atoms with van der Waals surface area (Å²) in [7, 11) is 0. The van der Waals surface area contributed by atoms with E-state index in [9.17, 15) is 4.79 Å². The summed E-state index contributed by atoms with van der Waals surface area (Å²) in [5.41, 5.74) is 6.05. The topological polar surface area (TPSA) is 59.5 Å². The summed E-state index contributed by atoms with van der Waals surface area (Å²) in [4.78, 5) is 12.4. The summed E-state index contributed by atoms with van der Waals surface area (Å²) in [5.74, 6) is 1.15. The summed E-state index contributed by atoms with van der Waals surface area (Å²) in [6.07, 6.45) is 1.49. The predicted octanol–water partition coefficient (Wildman–Crippen LogP) is 3.76. The molecule has 0 saturated heterocycles. The summed E-state index contributed by atoms with van der Waals surface area (Å²) >= 11 is 0. The minimum atomic E-state index is -0.246. The predicted molar refractivity (Wildman–Crippen MR) is 93.7 cm³/mol. The number of carbonyl (C=O) groups is 1. The highest BCUT2D eigenvalue weighted by molar-refractivity contribution is 5.96. The van der Waals surface area contributed by atoms with Gasteiger partial charge in [0, 0.05) is 17.1 Å². The zero-order valence-electron chi connectivity index (χ0n) is 13.9. The number of aryl methyl sites for hydroxylation is 2. The minimum Gasteiger partial charge on any atom is -0.460 e. The van der Waals surface area contributed by atoms with E-state index in [0.717, 1.165) is 22.8 Å². The average Bonchev–Trinajstić information content (AvgIpc) is 3.11. The van der Waals surface area contributed by atoms with Gasteiger partial charge in [0.25, 0.3) is 5.91 Å². The molecule has 3 aromatic rings. The lowest BCUT2D eigenvalue weighted by Crippen LogP contribution is -2.18. The van der Waals surface area contributed by atoms with Crippen molar-refractivity contribution in [1.29, 1.82) is 0 Å². The van der Waals surface area contributed by atoms with E-state index in [1.807, 2.05) is 63.2 Å². The Morgan fingerprint density at radius 1 is 1.12 bits per heavy atom. The van der Waals surface area contributed by atoms with Crippen LogP contribution in [-0.2, 0) is 0 Å². The van der Waals surface area contributed by atoms with Crippen molar-refractivity contribution in [2.24, 2.45) is 5.10 Å². The Balaban J connectivity index is 1.80. The van der Waals surface area contributed by atoms with Gasteiger partial charge in [0.2, 0.25) is 0 Å². The number of carbonyl (C=O) groups excluding carboxylic acids is 1. The molecule has 122 valence electrons. The van der Waals surface area contributed by atoms with E-state index in [4.69, 9.17) is 4.42 Å². The van der Waals surface area contributed by atoms with Crippen molar-refractivity contribution >= 4 is 12.1 Å². The van der Waals surface area contributed by atoms with Gasteiger partial charge in [-0.25, -0.2) is 5.43 Å². The maximum absolute atomic E-state index is 12.4. The number of furan rings is 1. The number of hydrazone groups is 1. The van der Waals surface area contributed by atoms with Gasteiger partial charge in [0.05, 0.1) is 11.8 Å². The van der Waals surface area contributed by atoms with Crippen molar-refractivity contribution in [2.45, 2.75) is 20.8 Å². The number of amides is 1. The van der Waals surface area contributed by atoms with Crippen molar-refractivity contribution in [3.8, 4) is 5.69 Å².